The molecule has 0 bridgehead atoms. The molecule has 0 aliphatic heterocycles. The second-order valence-electron chi connectivity index (χ2n) is 4.70. The molecule has 23 heavy (non-hydrogen) atoms. The molecule has 0 saturated carbocycles. The van der Waals surface area contributed by atoms with E-state index >= 15 is 0 Å². The van der Waals surface area contributed by atoms with Gasteiger partial charge in [-0.25, -0.2) is 9.37 Å². The molecule has 4 nitrogen and oxygen atoms in total. The lowest BCUT2D eigenvalue weighted by atomic mass is 10.2. The first-order chi connectivity index (χ1) is 11.2. The van der Waals surface area contributed by atoms with Crippen LogP contribution in [-0.4, -0.2) is 9.97 Å². The van der Waals surface area contributed by atoms with Crippen LogP contribution < -0.4 is 10.1 Å². The van der Waals surface area contributed by atoms with Gasteiger partial charge in [-0.1, -0.05) is 29.8 Å². The zero-order valence-corrected chi connectivity index (χ0v) is 13.6. The number of hydrogen-bond acceptors (Lipinski definition) is 5. The minimum Gasteiger partial charge on any atom is -0.458 e. The molecule has 0 radical (unpaired) electrons. The molecule has 1 N–H and O–H groups in total. The fourth-order valence-electron chi connectivity index (χ4n) is 1.86. The molecule has 2 aromatic heterocycles. The summed E-state index contributed by atoms with van der Waals surface area (Å²) in [4.78, 5) is 8.96. The highest BCUT2D eigenvalue weighted by Crippen LogP contribution is 2.17. The van der Waals surface area contributed by atoms with E-state index in [0.717, 1.165) is 16.6 Å². The first kappa shape index (κ1) is 15.7. The SMILES string of the molecule is Fc1cnc(OCc2cccs2)nc1NCc1ccc(Cl)cc1. The minimum absolute atomic E-state index is 0.108. The quantitative estimate of drug-likeness (QED) is 0.710. The Balaban J connectivity index is 1.64. The van der Waals surface area contributed by atoms with Crippen LogP contribution in [0.5, 0.6) is 6.01 Å². The van der Waals surface area contributed by atoms with E-state index in [1.54, 1.807) is 23.5 Å². The van der Waals surface area contributed by atoms with Crippen molar-refractivity contribution in [2.75, 3.05) is 5.32 Å². The first-order valence-corrected chi connectivity index (χ1v) is 8.12. The van der Waals surface area contributed by atoms with Crippen LogP contribution in [0.3, 0.4) is 0 Å². The van der Waals surface area contributed by atoms with Crippen LogP contribution >= 0.6 is 22.9 Å². The maximum absolute atomic E-state index is 13.8. The summed E-state index contributed by atoms with van der Waals surface area (Å²) in [5, 5.41) is 5.56. The lowest BCUT2D eigenvalue weighted by Crippen LogP contribution is -2.06. The summed E-state index contributed by atoms with van der Waals surface area (Å²) in [5.74, 6) is -0.418. The Hall–Kier alpha value is -2.18. The average Bonchev–Trinajstić information content (AvgIpc) is 3.08. The Kier molecular flexibility index (Phi) is 5.05. The third kappa shape index (κ3) is 4.40. The van der Waals surface area contributed by atoms with Crippen molar-refractivity contribution < 1.29 is 9.13 Å². The van der Waals surface area contributed by atoms with Gasteiger partial charge >= 0.3 is 6.01 Å². The number of benzene rings is 1. The van der Waals surface area contributed by atoms with E-state index in [4.69, 9.17) is 16.3 Å². The average molecular weight is 350 g/mol. The molecule has 3 aromatic rings. The van der Waals surface area contributed by atoms with E-state index in [0.29, 0.717) is 18.2 Å². The van der Waals surface area contributed by atoms with E-state index in [1.165, 1.54) is 0 Å². The van der Waals surface area contributed by atoms with Crippen molar-refractivity contribution in [2.24, 2.45) is 0 Å². The summed E-state index contributed by atoms with van der Waals surface area (Å²) in [6.45, 7) is 0.787. The molecule has 7 heteroatoms. The van der Waals surface area contributed by atoms with Crippen LogP contribution in [0.1, 0.15) is 10.4 Å². The molecule has 118 valence electrons. The molecule has 0 fully saturated rings. The maximum atomic E-state index is 13.8. The highest BCUT2D eigenvalue weighted by atomic mass is 35.5. The summed E-state index contributed by atoms with van der Waals surface area (Å²) in [6.07, 6.45) is 1.10. The number of rotatable bonds is 6. The molecule has 0 amide bonds. The first-order valence-electron chi connectivity index (χ1n) is 6.87. The summed E-state index contributed by atoms with van der Waals surface area (Å²) in [5.41, 5.74) is 0.966. The van der Waals surface area contributed by atoms with Crippen molar-refractivity contribution in [2.45, 2.75) is 13.2 Å². The predicted molar refractivity (Wildman–Crippen MR) is 89.4 cm³/mol. The van der Waals surface area contributed by atoms with Gasteiger partial charge in [0.25, 0.3) is 0 Å². The number of nitrogens with zero attached hydrogens (tertiary/aromatic N) is 2. The summed E-state index contributed by atoms with van der Waals surface area (Å²) in [7, 11) is 0. The van der Waals surface area contributed by atoms with Crippen molar-refractivity contribution in [3.05, 3.63) is 69.3 Å². The monoisotopic (exact) mass is 349 g/mol. The van der Waals surface area contributed by atoms with E-state index < -0.39 is 5.82 Å². The van der Waals surface area contributed by atoms with Crippen LogP contribution in [0.4, 0.5) is 10.2 Å². The summed E-state index contributed by atoms with van der Waals surface area (Å²) >= 11 is 7.41. The van der Waals surface area contributed by atoms with Gasteiger partial charge in [0.2, 0.25) is 0 Å². The largest absolute Gasteiger partial charge is 0.458 e. The molecule has 1 aromatic carbocycles. The number of ether oxygens (including phenoxy) is 1. The minimum atomic E-state index is -0.526. The van der Waals surface area contributed by atoms with Gasteiger partial charge in [0.05, 0.1) is 6.20 Å². The van der Waals surface area contributed by atoms with Gasteiger partial charge in [-0.2, -0.15) is 4.98 Å². The van der Waals surface area contributed by atoms with E-state index in [2.05, 4.69) is 15.3 Å². The number of aromatic nitrogens is 2. The summed E-state index contributed by atoms with van der Waals surface area (Å²) < 4.78 is 19.3. The third-order valence-corrected chi connectivity index (χ3v) is 4.12. The molecule has 0 unspecified atom stereocenters. The molecule has 0 aliphatic carbocycles. The molecule has 0 saturated heterocycles. The van der Waals surface area contributed by atoms with Crippen LogP contribution in [0, 0.1) is 5.82 Å². The molecule has 3 rings (SSSR count). The Morgan fingerprint density at radius 1 is 1.22 bits per heavy atom. The predicted octanol–water partition coefficient (Wildman–Crippen LogP) is 4.52. The van der Waals surface area contributed by atoms with E-state index in [1.807, 2.05) is 29.6 Å². The number of halogens is 2. The van der Waals surface area contributed by atoms with Crippen molar-refractivity contribution in [3.8, 4) is 6.01 Å². The van der Waals surface area contributed by atoms with Crippen molar-refractivity contribution in [3.63, 3.8) is 0 Å². The second-order valence-corrected chi connectivity index (χ2v) is 6.17. The fraction of sp³-hybridized carbons (Fsp3) is 0.125. The Morgan fingerprint density at radius 3 is 2.78 bits per heavy atom. The highest BCUT2D eigenvalue weighted by molar-refractivity contribution is 7.09. The fourth-order valence-corrected chi connectivity index (χ4v) is 2.60. The maximum Gasteiger partial charge on any atom is 0.318 e. The molecule has 2 heterocycles. The normalized spacial score (nSPS) is 10.5. The van der Waals surface area contributed by atoms with E-state index in [-0.39, 0.29) is 11.8 Å². The summed E-state index contributed by atoms with van der Waals surface area (Å²) in [6, 6.07) is 11.3. The lowest BCUT2D eigenvalue weighted by molar-refractivity contribution is 0.283. The Labute approximate surface area is 141 Å². The van der Waals surface area contributed by atoms with Crippen molar-refractivity contribution in [1.29, 1.82) is 0 Å². The number of nitrogens with one attached hydrogen (secondary N) is 1. The highest BCUT2D eigenvalue weighted by Gasteiger charge is 2.08. The lowest BCUT2D eigenvalue weighted by Gasteiger charge is -2.09. The number of thiophene rings is 1. The molecule has 0 aliphatic rings. The van der Waals surface area contributed by atoms with Gasteiger partial charge in [-0.15, -0.1) is 11.3 Å². The Morgan fingerprint density at radius 2 is 2.04 bits per heavy atom. The second kappa shape index (κ2) is 7.39. The Bertz CT molecular complexity index is 766. The van der Waals surface area contributed by atoms with Crippen LogP contribution in [0.15, 0.2) is 48.0 Å². The topological polar surface area (TPSA) is 47.0 Å². The molecule has 0 spiro atoms. The van der Waals surface area contributed by atoms with Crippen LogP contribution in [0.2, 0.25) is 5.02 Å². The number of hydrogen-bond donors (Lipinski definition) is 1. The smallest absolute Gasteiger partial charge is 0.318 e. The van der Waals surface area contributed by atoms with Crippen LogP contribution in [-0.2, 0) is 13.2 Å². The molecular formula is C16H13ClFN3OS. The van der Waals surface area contributed by atoms with Crippen molar-refractivity contribution >= 4 is 28.8 Å². The van der Waals surface area contributed by atoms with Crippen molar-refractivity contribution in [1.82, 2.24) is 9.97 Å². The standard InChI is InChI=1S/C16H13ClFN3OS/c17-12-5-3-11(4-6-12)8-19-15-14(18)9-20-16(21-15)22-10-13-2-1-7-23-13/h1-7,9H,8,10H2,(H,19,20,21). The molecular weight excluding hydrogens is 337 g/mol. The van der Waals surface area contributed by atoms with Gasteiger partial charge in [0.15, 0.2) is 11.6 Å². The number of anilines is 1. The zero-order valence-electron chi connectivity index (χ0n) is 12.0. The van der Waals surface area contributed by atoms with Gasteiger partial charge in [0.1, 0.15) is 6.61 Å². The van der Waals surface area contributed by atoms with Gasteiger partial charge < -0.3 is 10.1 Å². The van der Waals surface area contributed by atoms with E-state index in [9.17, 15) is 4.39 Å². The third-order valence-electron chi connectivity index (χ3n) is 3.02. The van der Waals surface area contributed by atoms with Gasteiger partial charge in [0, 0.05) is 16.4 Å². The molecule has 0 atom stereocenters. The van der Waals surface area contributed by atoms with Gasteiger partial charge in [-0.05, 0) is 29.1 Å². The van der Waals surface area contributed by atoms with Gasteiger partial charge in [-0.3, -0.25) is 0 Å². The zero-order chi connectivity index (χ0) is 16.1. The van der Waals surface area contributed by atoms with Crippen LogP contribution in [0.25, 0.3) is 0 Å².